The molecule has 2 heterocycles. The second-order valence-electron chi connectivity index (χ2n) is 8.83. The van der Waals surface area contributed by atoms with Gasteiger partial charge in [-0.3, -0.25) is 9.52 Å². The van der Waals surface area contributed by atoms with Gasteiger partial charge in [-0.05, 0) is 50.6 Å². The maximum absolute atomic E-state index is 13.4. The van der Waals surface area contributed by atoms with E-state index in [-0.39, 0.29) is 22.0 Å². The number of nitrogens with one attached hydrogen (secondary N) is 2. The van der Waals surface area contributed by atoms with E-state index in [0.717, 1.165) is 6.42 Å². The van der Waals surface area contributed by atoms with Crippen LogP contribution in [0.5, 0.6) is 17.2 Å². The maximum Gasteiger partial charge on any atom is 0.277 e. The molecule has 0 unspecified atom stereocenters. The summed E-state index contributed by atoms with van der Waals surface area (Å²) in [6.45, 7) is 6.61. The molecule has 0 radical (unpaired) electrons. The van der Waals surface area contributed by atoms with Crippen LogP contribution in [0.4, 0.5) is 5.69 Å². The van der Waals surface area contributed by atoms with Crippen molar-refractivity contribution in [1.82, 2.24) is 19.6 Å². The van der Waals surface area contributed by atoms with Gasteiger partial charge in [0.15, 0.2) is 22.8 Å². The number of nitrogens with zero attached hydrogens (tertiary/aromatic N) is 3. The summed E-state index contributed by atoms with van der Waals surface area (Å²) in [5, 5.41) is 4.62. The van der Waals surface area contributed by atoms with Crippen LogP contribution in [-0.4, -0.2) is 62.0 Å². The number of ether oxygens (including phenoxy) is 4. The predicted octanol–water partition coefficient (Wildman–Crippen LogP) is 3.58. The lowest BCUT2D eigenvalue weighted by Crippen LogP contribution is -2.17. The molecule has 0 saturated carbocycles. The normalized spacial score (nSPS) is 11.5. The molecular formula is C27H33N5O7S. The third kappa shape index (κ3) is 6.05. The first-order valence-electron chi connectivity index (χ1n) is 12.8. The van der Waals surface area contributed by atoms with Gasteiger partial charge in [0.05, 0.1) is 42.2 Å². The molecule has 4 rings (SSSR count). The van der Waals surface area contributed by atoms with Gasteiger partial charge in [-0.2, -0.15) is 0 Å². The molecule has 2 aromatic carbocycles. The van der Waals surface area contributed by atoms with Crippen molar-refractivity contribution in [2.45, 2.75) is 38.5 Å². The minimum Gasteiger partial charge on any atom is -0.493 e. The molecule has 2 N–H and O–H groups in total. The summed E-state index contributed by atoms with van der Waals surface area (Å²) in [5.41, 5.74) is 1.12. The zero-order chi connectivity index (χ0) is 28.9. The topological polar surface area (TPSA) is 146 Å². The second-order valence-corrected chi connectivity index (χ2v) is 10.5. The zero-order valence-electron chi connectivity index (χ0n) is 23.1. The average Bonchev–Trinajstić information content (AvgIpc) is 3.25. The molecule has 0 spiro atoms. The molecular weight excluding hydrogens is 538 g/mol. The number of anilines is 1. The SMILES string of the molecule is CCCc1nc(C)c2c(=O)[nH]c(-c3cc(S(=O)(=O)Nc4ccc(OCCOC)c(OC)c4)ccc3OCC)nn12. The molecule has 0 bridgehead atoms. The molecule has 0 aliphatic rings. The molecule has 13 heteroatoms. The van der Waals surface area contributed by atoms with Gasteiger partial charge < -0.3 is 23.9 Å². The van der Waals surface area contributed by atoms with Crippen molar-refractivity contribution in [3.63, 3.8) is 0 Å². The molecule has 214 valence electrons. The van der Waals surface area contributed by atoms with Gasteiger partial charge in [-0.25, -0.2) is 17.9 Å². The fraction of sp³-hybridized carbons (Fsp3) is 0.370. The van der Waals surface area contributed by atoms with E-state index < -0.39 is 10.0 Å². The van der Waals surface area contributed by atoms with Crippen LogP contribution in [0.25, 0.3) is 16.9 Å². The Bertz CT molecular complexity index is 1660. The Kier molecular flexibility index (Phi) is 8.95. The van der Waals surface area contributed by atoms with Gasteiger partial charge in [0.1, 0.15) is 18.2 Å². The monoisotopic (exact) mass is 571 g/mol. The Hall–Kier alpha value is -4.10. The Morgan fingerprint density at radius 1 is 1.00 bits per heavy atom. The number of hydrogen-bond acceptors (Lipinski definition) is 9. The molecule has 0 atom stereocenters. The van der Waals surface area contributed by atoms with Gasteiger partial charge in [0.25, 0.3) is 15.6 Å². The number of aromatic nitrogens is 4. The molecule has 0 fully saturated rings. The summed E-state index contributed by atoms with van der Waals surface area (Å²) >= 11 is 0. The van der Waals surface area contributed by atoms with Gasteiger partial charge >= 0.3 is 0 Å². The quantitative estimate of drug-likeness (QED) is 0.230. The standard InChI is InChI=1S/C27H33N5O7S/c1-6-8-24-28-17(3)25-27(33)29-26(30-32(24)25)20-16-19(10-12-21(20)38-7-2)40(34,35)31-18-9-11-22(23(15-18)37-5)39-14-13-36-4/h9-12,15-16,31H,6-8,13-14H2,1-5H3,(H,29,30,33). The summed E-state index contributed by atoms with van der Waals surface area (Å²) in [4.78, 5) is 20.2. The van der Waals surface area contributed by atoms with Gasteiger partial charge in [-0.15, -0.1) is 5.10 Å². The Balaban J connectivity index is 1.74. The first kappa shape index (κ1) is 28.9. The van der Waals surface area contributed by atoms with Crippen molar-refractivity contribution in [3.8, 4) is 28.6 Å². The first-order chi connectivity index (χ1) is 19.2. The third-order valence-corrected chi connectivity index (χ3v) is 7.37. The number of rotatable bonds is 13. The molecule has 40 heavy (non-hydrogen) atoms. The zero-order valence-corrected chi connectivity index (χ0v) is 23.9. The van der Waals surface area contributed by atoms with Crippen LogP contribution < -0.4 is 24.5 Å². The smallest absolute Gasteiger partial charge is 0.277 e. The average molecular weight is 572 g/mol. The second kappa shape index (κ2) is 12.4. The van der Waals surface area contributed by atoms with Crippen molar-refractivity contribution in [2.24, 2.45) is 0 Å². The molecule has 12 nitrogen and oxygen atoms in total. The number of aryl methyl sites for hydroxylation is 2. The summed E-state index contributed by atoms with van der Waals surface area (Å²) < 4.78 is 52.7. The van der Waals surface area contributed by atoms with Crippen LogP contribution in [0.2, 0.25) is 0 Å². The predicted molar refractivity (Wildman–Crippen MR) is 150 cm³/mol. The van der Waals surface area contributed by atoms with E-state index in [9.17, 15) is 13.2 Å². The lowest BCUT2D eigenvalue weighted by Gasteiger charge is -2.15. The van der Waals surface area contributed by atoms with Crippen LogP contribution in [-0.2, 0) is 21.2 Å². The summed E-state index contributed by atoms with van der Waals surface area (Å²) in [7, 11) is -1.03. The Morgan fingerprint density at radius 3 is 2.48 bits per heavy atom. The van der Waals surface area contributed by atoms with Gasteiger partial charge in [0.2, 0.25) is 0 Å². The minimum atomic E-state index is -4.06. The largest absolute Gasteiger partial charge is 0.493 e. The minimum absolute atomic E-state index is 0.0521. The Labute approximate surface area is 232 Å². The van der Waals surface area contributed by atoms with Crippen molar-refractivity contribution in [3.05, 3.63) is 58.3 Å². The van der Waals surface area contributed by atoms with Crippen LogP contribution in [0.15, 0.2) is 46.1 Å². The maximum atomic E-state index is 13.4. The van der Waals surface area contributed by atoms with Crippen molar-refractivity contribution >= 4 is 21.2 Å². The highest BCUT2D eigenvalue weighted by Crippen LogP contribution is 2.33. The number of H-pyrrole nitrogens is 1. The highest BCUT2D eigenvalue weighted by Gasteiger charge is 2.21. The van der Waals surface area contributed by atoms with Crippen LogP contribution >= 0.6 is 0 Å². The van der Waals surface area contributed by atoms with E-state index in [4.69, 9.17) is 18.9 Å². The molecule has 0 aliphatic heterocycles. The Morgan fingerprint density at radius 2 is 1.77 bits per heavy atom. The fourth-order valence-corrected chi connectivity index (χ4v) is 5.26. The van der Waals surface area contributed by atoms with Crippen molar-refractivity contribution < 1.29 is 27.4 Å². The summed E-state index contributed by atoms with van der Waals surface area (Å²) in [6, 6.07) is 9.09. The van der Waals surface area contributed by atoms with Gasteiger partial charge in [0, 0.05) is 19.6 Å². The number of hydrogen-bond donors (Lipinski definition) is 2. The van der Waals surface area contributed by atoms with Crippen molar-refractivity contribution in [1.29, 1.82) is 0 Å². The highest BCUT2D eigenvalue weighted by molar-refractivity contribution is 7.92. The number of aromatic amines is 1. The van der Waals surface area contributed by atoms with E-state index >= 15 is 0 Å². The summed E-state index contributed by atoms with van der Waals surface area (Å²) in [6.07, 6.45) is 1.44. The lowest BCUT2D eigenvalue weighted by atomic mass is 10.2. The van der Waals surface area contributed by atoms with Crippen LogP contribution in [0, 0.1) is 6.92 Å². The first-order valence-corrected chi connectivity index (χ1v) is 14.3. The van der Waals surface area contributed by atoms with E-state index in [0.29, 0.717) is 66.1 Å². The molecule has 2 aromatic heterocycles. The lowest BCUT2D eigenvalue weighted by molar-refractivity contribution is 0.144. The number of methoxy groups -OCH3 is 2. The highest BCUT2D eigenvalue weighted by atomic mass is 32.2. The van der Waals surface area contributed by atoms with Crippen LogP contribution in [0.1, 0.15) is 31.8 Å². The van der Waals surface area contributed by atoms with Crippen LogP contribution in [0.3, 0.4) is 0 Å². The summed E-state index contributed by atoms with van der Waals surface area (Å²) in [5.74, 6) is 1.99. The number of imidazole rings is 1. The van der Waals surface area contributed by atoms with E-state index in [2.05, 4.69) is 19.8 Å². The number of benzene rings is 2. The molecule has 0 amide bonds. The molecule has 0 aliphatic carbocycles. The number of sulfonamides is 1. The van der Waals surface area contributed by atoms with E-state index in [1.165, 1.54) is 35.9 Å². The van der Waals surface area contributed by atoms with E-state index in [1.54, 1.807) is 26.2 Å². The van der Waals surface area contributed by atoms with Crippen molar-refractivity contribution in [2.75, 3.05) is 38.8 Å². The third-order valence-electron chi connectivity index (χ3n) is 5.99. The number of fused-ring (bicyclic) bond motifs is 1. The fourth-order valence-electron chi connectivity index (χ4n) is 4.18. The van der Waals surface area contributed by atoms with Gasteiger partial charge in [-0.1, -0.05) is 6.92 Å². The molecule has 4 aromatic rings. The molecule has 0 saturated heterocycles. The van der Waals surface area contributed by atoms with E-state index in [1.807, 2.05) is 13.8 Å².